The molecule has 0 fully saturated rings. The second kappa shape index (κ2) is 5.64. The Balaban J connectivity index is 2.16. The fourth-order valence-electron chi connectivity index (χ4n) is 1.44. The summed E-state index contributed by atoms with van der Waals surface area (Å²) in [5.41, 5.74) is 0.511. The first-order valence-corrected chi connectivity index (χ1v) is 7.49. The molecule has 0 amide bonds. The molecule has 0 spiro atoms. The third-order valence-corrected chi connectivity index (χ3v) is 3.85. The number of rotatable bonds is 3. The molecule has 1 N–H and O–H groups in total. The first-order valence-electron chi connectivity index (χ1n) is 5.88. The Morgan fingerprint density at radius 1 is 1.32 bits per heavy atom. The highest BCUT2D eigenvalue weighted by atomic mass is 79.9. The first kappa shape index (κ1) is 14.6. The van der Waals surface area contributed by atoms with Gasteiger partial charge in [0.15, 0.2) is 5.01 Å². The molecule has 0 bridgehead atoms. The number of benzene rings is 1. The summed E-state index contributed by atoms with van der Waals surface area (Å²) < 4.78 is 14.5. The Bertz CT molecular complexity index is 578. The summed E-state index contributed by atoms with van der Waals surface area (Å²) in [6, 6.07) is 4.94. The van der Waals surface area contributed by atoms with Crippen LogP contribution in [0.5, 0.6) is 0 Å². The van der Waals surface area contributed by atoms with E-state index >= 15 is 0 Å². The van der Waals surface area contributed by atoms with Crippen LogP contribution in [0.2, 0.25) is 0 Å². The van der Waals surface area contributed by atoms with Crippen molar-refractivity contribution < 1.29 is 4.39 Å². The molecule has 102 valence electrons. The van der Waals surface area contributed by atoms with Crippen molar-refractivity contribution in [3.05, 3.63) is 33.5 Å². The third-order valence-electron chi connectivity index (χ3n) is 2.40. The van der Waals surface area contributed by atoms with Crippen molar-refractivity contribution in [2.75, 3.05) is 0 Å². The van der Waals surface area contributed by atoms with Crippen molar-refractivity contribution in [3.8, 4) is 10.6 Å². The summed E-state index contributed by atoms with van der Waals surface area (Å²) in [4.78, 5) is 0. The van der Waals surface area contributed by atoms with Gasteiger partial charge in [0.25, 0.3) is 0 Å². The molecular weight excluding hydrogens is 329 g/mol. The van der Waals surface area contributed by atoms with E-state index in [4.69, 9.17) is 0 Å². The molecule has 2 aromatic rings. The van der Waals surface area contributed by atoms with E-state index in [1.54, 1.807) is 12.1 Å². The maximum atomic E-state index is 13.8. The van der Waals surface area contributed by atoms with Crippen LogP contribution in [0.15, 0.2) is 22.7 Å². The van der Waals surface area contributed by atoms with E-state index in [1.807, 2.05) is 0 Å². The Kier molecular flexibility index (Phi) is 4.32. The molecule has 0 radical (unpaired) electrons. The van der Waals surface area contributed by atoms with Gasteiger partial charge in [-0.2, -0.15) is 0 Å². The Labute approximate surface area is 124 Å². The summed E-state index contributed by atoms with van der Waals surface area (Å²) >= 11 is 4.64. The molecule has 0 saturated heterocycles. The standard InChI is InChI=1S/C13H15BrFN3S/c1-13(2,3)16-7-11-17-18-12(19-11)9-5-4-8(14)6-10(9)15/h4-6,16H,7H2,1-3H3. The van der Waals surface area contributed by atoms with Crippen molar-refractivity contribution in [2.45, 2.75) is 32.9 Å². The van der Waals surface area contributed by atoms with Crippen molar-refractivity contribution >= 4 is 27.3 Å². The molecule has 0 aliphatic rings. The maximum absolute atomic E-state index is 13.8. The summed E-state index contributed by atoms with van der Waals surface area (Å²) in [7, 11) is 0. The first-order chi connectivity index (χ1) is 8.85. The lowest BCUT2D eigenvalue weighted by atomic mass is 10.1. The summed E-state index contributed by atoms with van der Waals surface area (Å²) in [5, 5.41) is 12.9. The zero-order valence-electron chi connectivity index (χ0n) is 11.0. The predicted molar refractivity (Wildman–Crippen MR) is 79.6 cm³/mol. The zero-order valence-corrected chi connectivity index (χ0v) is 13.4. The van der Waals surface area contributed by atoms with E-state index in [-0.39, 0.29) is 11.4 Å². The molecule has 6 heteroatoms. The molecule has 0 unspecified atom stereocenters. The average Bonchev–Trinajstić information content (AvgIpc) is 2.74. The number of aromatic nitrogens is 2. The van der Waals surface area contributed by atoms with Gasteiger partial charge in [-0.1, -0.05) is 27.3 Å². The highest BCUT2D eigenvalue weighted by Crippen LogP contribution is 2.28. The Hall–Kier alpha value is -0.850. The number of hydrogen-bond acceptors (Lipinski definition) is 4. The van der Waals surface area contributed by atoms with Crippen LogP contribution >= 0.6 is 27.3 Å². The SMILES string of the molecule is CC(C)(C)NCc1nnc(-c2ccc(Br)cc2F)s1. The predicted octanol–water partition coefficient (Wildman–Crippen LogP) is 3.99. The molecule has 19 heavy (non-hydrogen) atoms. The van der Waals surface area contributed by atoms with E-state index in [0.29, 0.717) is 21.6 Å². The van der Waals surface area contributed by atoms with Gasteiger partial charge in [0.2, 0.25) is 0 Å². The van der Waals surface area contributed by atoms with Crippen LogP contribution in [0.25, 0.3) is 10.6 Å². The van der Waals surface area contributed by atoms with E-state index in [0.717, 1.165) is 5.01 Å². The molecule has 0 saturated carbocycles. The summed E-state index contributed by atoms with van der Waals surface area (Å²) in [6.07, 6.45) is 0. The van der Waals surface area contributed by atoms with Crippen molar-refractivity contribution in [1.29, 1.82) is 0 Å². The molecule has 0 atom stereocenters. The second-order valence-corrected chi connectivity index (χ2v) is 7.21. The minimum Gasteiger partial charge on any atom is -0.306 e. The highest BCUT2D eigenvalue weighted by Gasteiger charge is 2.14. The van der Waals surface area contributed by atoms with Crippen LogP contribution in [0.4, 0.5) is 4.39 Å². The average molecular weight is 344 g/mol. The number of hydrogen-bond donors (Lipinski definition) is 1. The molecule has 3 nitrogen and oxygen atoms in total. The maximum Gasteiger partial charge on any atom is 0.150 e. The molecule has 0 aliphatic heterocycles. The lowest BCUT2D eigenvalue weighted by Gasteiger charge is -2.19. The Morgan fingerprint density at radius 3 is 2.68 bits per heavy atom. The number of halogens is 2. The summed E-state index contributed by atoms with van der Waals surface area (Å²) in [5.74, 6) is -0.291. The highest BCUT2D eigenvalue weighted by molar-refractivity contribution is 9.10. The van der Waals surface area contributed by atoms with Gasteiger partial charge in [0.05, 0.1) is 6.54 Å². The minimum absolute atomic E-state index is 0.0225. The Morgan fingerprint density at radius 2 is 2.05 bits per heavy atom. The smallest absolute Gasteiger partial charge is 0.150 e. The fraction of sp³-hybridized carbons (Fsp3) is 0.385. The van der Waals surface area contributed by atoms with Crippen LogP contribution in [0, 0.1) is 5.82 Å². The van der Waals surface area contributed by atoms with Gasteiger partial charge in [0, 0.05) is 15.6 Å². The van der Waals surface area contributed by atoms with Gasteiger partial charge < -0.3 is 5.32 Å². The monoisotopic (exact) mass is 343 g/mol. The van der Waals surface area contributed by atoms with Gasteiger partial charge >= 0.3 is 0 Å². The third kappa shape index (κ3) is 4.06. The van der Waals surface area contributed by atoms with Gasteiger partial charge in [-0.05, 0) is 39.0 Å². The lowest BCUT2D eigenvalue weighted by molar-refractivity contribution is 0.423. The molecule has 2 rings (SSSR count). The lowest BCUT2D eigenvalue weighted by Crippen LogP contribution is -2.35. The van der Waals surface area contributed by atoms with Gasteiger partial charge in [-0.15, -0.1) is 10.2 Å². The van der Waals surface area contributed by atoms with Crippen LogP contribution in [0.3, 0.4) is 0 Å². The molecule has 0 aliphatic carbocycles. The largest absolute Gasteiger partial charge is 0.306 e. The van der Waals surface area contributed by atoms with Crippen LogP contribution in [-0.2, 0) is 6.54 Å². The summed E-state index contributed by atoms with van der Waals surface area (Å²) in [6.45, 7) is 6.90. The van der Waals surface area contributed by atoms with E-state index < -0.39 is 0 Å². The van der Waals surface area contributed by atoms with E-state index in [9.17, 15) is 4.39 Å². The van der Waals surface area contributed by atoms with Crippen LogP contribution in [0.1, 0.15) is 25.8 Å². The number of nitrogens with zero attached hydrogens (tertiary/aromatic N) is 2. The second-order valence-electron chi connectivity index (χ2n) is 5.23. The van der Waals surface area contributed by atoms with Crippen molar-refractivity contribution in [2.24, 2.45) is 0 Å². The van der Waals surface area contributed by atoms with Gasteiger partial charge in [-0.3, -0.25) is 0 Å². The van der Waals surface area contributed by atoms with Crippen LogP contribution < -0.4 is 5.32 Å². The minimum atomic E-state index is -0.291. The van der Waals surface area contributed by atoms with E-state index in [1.165, 1.54) is 17.4 Å². The zero-order chi connectivity index (χ0) is 14.0. The van der Waals surface area contributed by atoms with Gasteiger partial charge in [0.1, 0.15) is 10.8 Å². The molecule has 1 aromatic carbocycles. The molecule has 1 heterocycles. The fourth-order valence-corrected chi connectivity index (χ4v) is 2.58. The van der Waals surface area contributed by atoms with Crippen LogP contribution in [-0.4, -0.2) is 15.7 Å². The molecular formula is C13H15BrFN3S. The van der Waals surface area contributed by atoms with E-state index in [2.05, 4.69) is 52.2 Å². The van der Waals surface area contributed by atoms with Gasteiger partial charge in [-0.25, -0.2) is 4.39 Å². The quantitative estimate of drug-likeness (QED) is 0.915. The van der Waals surface area contributed by atoms with Crippen molar-refractivity contribution in [1.82, 2.24) is 15.5 Å². The molecule has 1 aromatic heterocycles. The van der Waals surface area contributed by atoms with Crippen molar-refractivity contribution in [3.63, 3.8) is 0 Å². The number of nitrogens with one attached hydrogen (secondary N) is 1. The normalized spacial score (nSPS) is 11.8. The topological polar surface area (TPSA) is 37.8 Å².